The number of cyclic esters (lactones) is 1. The standard InChI is InChI=1S/C15H11F4NO3/c16-11-6-10-12(5-9(11)7-21)20-13(22)23-14(10,15(17,18)19)4-3-8-1-2-8/h5-6,8,21H,1-2,7H2,(H,20,22). The molecule has 2 aliphatic rings. The Bertz CT molecular complexity index is 731. The summed E-state index contributed by atoms with van der Waals surface area (Å²) in [6.07, 6.45) is -5.03. The molecule has 1 aromatic rings. The fourth-order valence-electron chi connectivity index (χ4n) is 2.27. The molecular formula is C15H11F4NO3. The van der Waals surface area contributed by atoms with Crippen LogP contribution in [0.15, 0.2) is 12.1 Å². The van der Waals surface area contributed by atoms with Gasteiger partial charge in [0.2, 0.25) is 0 Å². The lowest BCUT2D eigenvalue weighted by Gasteiger charge is -2.36. The smallest absolute Gasteiger partial charge is 0.415 e. The van der Waals surface area contributed by atoms with Gasteiger partial charge in [-0.3, -0.25) is 5.32 Å². The summed E-state index contributed by atoms with van der Waals surface area (Å²) < 4.78 is 59.3. The molecule has 1 fully saturated rings. The van der Waals surface area contributed by atoms with Gasteiger partial charge in [0.25, 0.3) is 5.60 Å². The van der Waals surface area contributed by atoms with E-state index in [4.69, 9.17) is 5.11 Å². The number of aliphatic hydroxyl groups is 1. The second-order valence-electron chi connectivity index (χ2n) is 5.38. The van der Waals surface area contributed by atoms with Crippen LogP contribution in [0.2, 0.25) is 0 Å². The summed E-state index contributed by atoms with van der Waals surface area (Å²) in [5.41, 5.74) is -4.37. The molecule has 4 nitrogen and oxygen atoms in total. The molecule has 1 heterocycles. The fraction of sp³-hybridized carbons (Fsp3) is 0.400. The van der Waals surface area contributed by atoms with Crippen molar-refractivity contribution >= 4 is 11.8 Å². The highest BCUT2D eigenvalue weighted by Crippen LogP contribution is 2.48. The van der Waals surface area contributed by atoms with E-state index in [-0.39, 0.29) is 17.2 Å². The number of hydrogen-bond acceptors (Lipinski definition) is 3. The van der Waals surface area contributed by atoms with Gasteiger partial charge in [-0.2, -0.15) is 13.2 Å². The third kappa shape index (κ3) is 2.61. The van der Waals surface area contributed by atoms with Crippen molar-refractivity contribution < 1.29 is 32.2 Å². The minimum Gasteiger partial charge on any atom is -0.415 e. The molecule has 1 aromatic carbocycles. The number of ether oxygens (including phenoxy) is 1. The van der Waals surface area contributed by atoms with Gasteiger partial charge >= 0.3 is 12.3 Å². The zero-order chi connectivity index (χ0) is 16.8. The first-order chi connectivity index (χ1) is 10.8. The Morgan fingerprint density at radius 2 is 2.09 bits per heavy atom. The maximum atomic E-state index is 13.9. The van der Waals surface area contributed by atoms with Crippen LogP contribution >= 0.6 is 0 Å². The van der Waals surface area contributed by atoms with Crippen molar-refractivity contribution in [2.75, 3.05) is 5.32 Å². The Hall–Kier alpha value is -2.27. The van der Waals surface area contributed by atoms with E-state index in [2.05, 4.69) is 16.0 Å². The monoisotopic (exact) mass is 329 g/mol. The van der Waals surface area contributed by atoms with E-state index in [1.165, 1.54) is 0 Å². The average molecular weight is 329 g/mol. The number of carbonyl (C=O) groups is 1. The Morgan fingerprint density at radius 3 is 2.65 bits per heavy atom. The number of rotatable bonds is 1. The summed E-state index contributed by atoms with van der Waals surface area (Å²) >= 11 is 0. The molecule has 1 saturated carbocycles. The summed E-state index contributed by atoms with van der Waals surface area (Å²) in [4.78, 5) is 11.6. The topological polar surface area (TPSA) is 58.6 Å². The maximum absolute atomic E-state index is 13.9. The molecule has 23 heavy (non-hydrogen) atoms. The molecule has 1 aliphatic carbocycles. The number of amides is 1. The maximum Gasteiger partial charge on any atom is 0.445 e. The van der Waals surface area contributed by atoms with Gasteiger partial charge in [0.05, 0.1) is 12.3 Å². The molecule has 1 amide bonds. The molecule has 1 unspecified atom stereocenters. The number of aliphatic hydroxyl groups excluding tert-OH is 1. The number of halogens is 4. The van der Waals surface area contributed by atoms with Gasteiger partial charge in [-0.1, -0.05) is 5.92 Å². The fourth-order valence-corrected chi connectivity index (χ4v) is 2.27. The molecule has 1 atom stereocenters. The zero-order valence-corrected chi connectivity index (χ0v) is 11.6. The Kier molecular flexibility index (Phi) is 3.48. The van der Waals surface area contributed by atoms with Crippen LogP contribution in [0.25, 0.3) is 0 Å². The van der Waals surface area contributed by atoms with Crippen molar-refractivity contribution in [2.45, 2.75) is 31.2 Å². The first-order valence-corrected chi connectivity index (χ1v) is 6.80. The second kappa shape index (κ2) is 5.13. The molecule has 0 radical (unpaired) electrons. The SMILES string of the molecule is O=C1Nc2cc(CO)c(F)cc2C(C#CC2CC2)(C(F)(F)F)O1. The number of benzene rings is 1. The zero-order valence-electron chi connectivity index (χ0n) is 11.6. The molecule has 1 aliphatic heterocycles. The largest absolute Gasteiger partial charge is 0.445 e. The second-order valence-corrected chi connectivity index (χ2v) is 5.38. The van der Waals surface area contributed by atoms with E-state index in [1.807, 2.05) is 5.92 Å². The van der Waals surface area contributed by atoms with Gasteiger partial charge in [0.1, 0.15) is 5.82 Å². The average Bonchev–Trinajstić information content (AvgIpc) is 3.27. The van der Waals surface area contributed by atoms with Gasteiger partial charge < -0.3 is 9.84 Å². The van der Waals surface area contributed by atoms with Gasteiger partial charge in [-0.25, -0.2) is 9.18 Å². The predicted octanol–water partition coefficient (Wildman–Crippen LogP) is 3.05. The van der Waals surface area contributed by atoms with E-state index in [0.29, 0.717) is 18.9 Å². The molecule has 122 valence electrons. The number of nitrogens with one attached hydrogen (secondary N) is 1. The van der Waals surface area contributed by atoms with Crippen LogP contribution in [0, 0.1) is 23.6 Å². The molecule has 8 heteroatoms. The highest BCUT2D eigenvalue weighted by Gasteiger charge is 2.62. The van der Waals surface area contributed by atoms with Crippen LogP contribution in [0.3, 0.4) is 0 Å². The lowest BCUT2D eigenvalue weighted by atomic mass is 9.89. The molecular weight excluding hydrogens is 318 g/mol. The van der Waals surface area contributed by atoms with Gasteiger partial charge in [0, 0.05) is 17.0 Å². The number of fused-ring (bicyclic) bond motifs is 1. The molecule has 0 saturated heterocycles. The van der Waals surface area contributed by atoms with E-state index in [9.17, 15) is 22.4 Å². The summed E-state index contributed by atoms with van der Waals surface area (Å²) in [5, 5.41) is 11.1. The molecule has 0 bridgehead atoms. The number of hydrogen-bond donors (Lipinski definition) is 2. The number of anilines is 1. The van der Waals surface area contributed by atoms with Crippen molar-refractivity contribution in [3.05, 3.63) is 29.1 Å². The lowest BCUT2D eigenvalue weighted by molar-refractivity contribution is -0.239. The van der Waals surface area contributed by atoms with Crippen molar-refractivity contribution in [1.29, 1.82) is 0 Å². The van der Waals surface area contributed by atoms with Crippen LogP contribution in [-0.2, 0) is 16.9 Å². The molecule has 2 N–H and O–H groups in total. The Labute approximate surface area is 128 Å². The number of carbonyl (C=O) groups excluding carboxylic acids is 1. The molecule has 0 aromatic heterocycles. The predicted molar refractivity (Wildman–Crippen MR) is 70.7 cm³/mol. The first kappa shape index (κ1) is 15.6. The van der Waals surface area contributed by atoms with Gasteiger partial charge in [-0.15, -0.1) is 0 Å². The van der Waals surface area contributed by atoms with Crippen molar-refractivity contribution in [1.82, 2.24) is 0 Å². The van der Waals surface area contributed by atoms with E-state index in [0.717, 1.165) is 6.07 Å². The summed E-state index contributed by atoms with van der Waals surface area (Å²) in [6, 6.07) is 1.54. The lowest BCUT2D eigenvalue weighted by Crippen LogP contribution is -2.49. The van der Waals surface area contributed by atoms with Gasteiger partial charge in [-0.05, 0) is 30.9 Å². The molecule has 0 spiro atoms. The van der Waals surface area contributed by atoms with Crippen molar-refractivity contribution in [3.8, 4) is 11.8 Å². The first-order valence-electron chi connectivity index (χ1n) is 6.80. The van der Waals surface area contributed by atoms with Crippen LogP contribution in [0.1, 0.15) is 24.0 Å². The minimum absolute atomic E-state index is 0.173. The highest BCUT2D eigenvalue weighted by molar-refractivity contribution is 5.90. The van der Waals surface area contributed by atoms with E-state index in [1.54, 1.807) is 0 Å². The quantitative estimate of drug-likeness (QED) is 0.615. The summed E-state index contributed by atoms with van der Waals surface area (Å²) in [7, 11) is 0. The Morgan fingerprint density at radius 1 is 1.39 bits per heavy atom. The summed E-state index contributed by atoms with van der Waals surface area (Å²) in [6.45, 7) is -0.720. The van der Waals surface area contributed by atoms with Crippen LogP contribution in [0.4, 0.5) is 28.0 Å². The van der Waals surface area contributed by atoms with E-state index < -0.39 is 35.9 Å². The van der Waals surface area contributed by atoms with Crippen LogP contribution in [-0.4, -0.2) is 17.4 Å². The van der Waals surface area contributed by atoms with E-state index >= 15 is 0 Å². The van der Waals surface area contributed by atoms with Crippen molar-refractivity contribution in [2.24, 2.45) is 5.92 Å². The van der Waals surface area contributed by atoms with Crippen LogP contribution in [0.5, 0.6) is 0 Å². The number of alkyl halides is 3. The third-order valence-electron chi connectivity index (χ3n) is 3.65. The third-order valence-corrected chi connectivity index (χ3v) is 3.65. The summed E-state index contributed by atoms with van der Waals surface area (Å²) in [5.74, 6) is 3.23. The highest BCUT2D eigenvalue weighted by atomic mass is 19.4. The normalized spacial score (nSPS) is 23.3. The Balaban J connectivity index is 2.23. The van der Waals surface area contributed by atoms with Crippen LogP contribution < -0.4 is 5.32 Å². The van der Waals surface area contributed by atoms with Crippen molar-refractivity contribution in [3.63, 3.8) is 0 Å². The van der Waals surface area contributed by atoms with Gasteiger partial charge in [0.15, 0.2) is 0 Å². The minimum atomic E-state index is -5.05. The molecule has 3 rings (SSSR count).